The third kappa shape index (κ3) is 3.48. The Morgan fingerprint density at radius 3 is 2.74 bits per heavy atom. The molecule has 10 nitrogen and oxygen atoms in total. The van der Waals surface area contributed by atoms with Crippen LogP contribution >= 0.6 is 0 Å². The van der Waals surface area contributed by atoms with Crippen molar-refractivity contribution in [3.05, 3.63) is 42.1 Å². The summed E-state index contributed by atoms with van der Waals surface area (Å²) >= 11 is 0. The summed E-state index contributed by atoms with van der Waals surface area (Å²) in [5.41, 5.74) is 2.40. The van der Waals surface area contributed by atoms with Gasteiger partial charge in [-0.3, -0.25) is 9.59 Å². The summed E-state index contributed by atoms with van der Waals surface area (Å²) in [6.45, 7) is 4.70. The van der Waals surface area contributed by atoms with Crippen LogP contribution in [-0.4, -0.2) is 46.0 Å². The molecule has 0 bridgehead atoms. The van der Waals surface area contributed by atoms with Gasteiger partial charge in [0, 0.05) is 42.8 Å². The topological polar surface area (TPSA) is 110 Å². The first-order valence-electron chi connectivity index (χ1n) is 12.7. The van der Waals surface area contributed by atoms with Gasteiger partial charge in [-0.2, -0.15) is 0 Å². The van der Waals surface area contributed by atoms with Gasteiger partial charge in [0.05, 0.1) is 29.3 Å². The normalized spacial score (nSPS) is 20.8. The van der Waals surface area contributed by atoms with Gasteiger partial charge in [-0.05, 0) is 38.8 Å². The second kappa shape index (κ2) is 8.11. The Hall–Kier alpha value is -4.28. The highest BCUT2D eigenvalue weighted by atomic mass is 19.1. The average Bonchev–Trinajstić information content (AvgIpc) is 3.49. The van der Waals surface area contributed by atoms with Crippen molar-refractivity contribution in [2.75, 3.05) is 28.3 Å². The predicted octanol–water partition coefficient (Wildman–Crippen LogP) is 4.06. The van der Waals surface area contributed by atoms with Crippen LogP contribution in [0.25, 0.3) is 11.1 Å². The third-order valence-corrected chi connectivity index (χ3v) is 7.51. The minimum atomic E-state index is -0.844. The van der Waals surface area contributed by atoms with E-state index < -0.39 is 11.4 Å². The molecule has 1 unspecified atom stereocenters. The first kappa shape index (κ1) is 22.9. The number of nitrogens with zero attached hydrogens (tertiary/aromatic N) is 5. The molecule has 1 atom stereocenters. The lowest BCUT2D eigenvalue weighted by atomic mass is 9.91. The number of pyridine rings is 1. The van der Waals surface area contributed by atoms with Crippen molar-refractivity contribution >= 4 is 34.8 Å². The molecule has 0 saturated carbocycles. The Kier molecular flexibility index (Phi) is 4.88. The second-order valence-electron chi connectivity index (χ2n) is 10.5. The lowest BCUT2D eigenvalue weighted by Crippen LogP contribution is -2.40. The lowest BCUT2D eigenvalue weighted by molar-refractivity contribution is -0.118. The number of benzene rings is 1. The molecule has 0 aliphatic carbocycles. The molecule has 11 heteroatoms. The van der Waals surface area contributed by atoms with E-state index in [2.05, 4.69) is 15.3 Å². The van der Waals surface area contributed by atoms with Crippen molar-refractivity contribution in [2.45, 2.75) is 51.2 Å². The molecule has 194 valence electrons. The van der Waals surface area contributed by atoms with Crippen LogP contribution in [0.5, 0.6) is 11.6 Å². The minimum Gasteiger partial charge on any atom is -0.481 e. The van der Waals surface area contributed by atoms with Gasteiger partial charge in [0.25, 0.3) is 0 Å². The van der Waals surface area contributed by atoms with Crippen LogP contribution in [0.3, 0.4) is 0 Å². The van der Waals surface area contributed by atoms with Gasteiger partial charge in [0.2, 0.25) is 23.6 Å². The quantitative estimate of drug-likeness (QED) is 0.555. The fourth-order valence-corrected chi connectivity index (χ4v) is 5.70. The number of hydrogen-bond acceptors (Lipinski definition) is 8. The maximum absolute atomic E-state index is 15.2. The summed E-state index contributed by atoms with van der Waals surface area (Å²) in [6, 6.07) is 4.82. The molecule has 0 radical (unpaired) electrons. The van der Waals surface area contributed by atoms with Crippen LogP contribution in [0.4, 0.5) is 27.4 Å². The fraction of sp³-hybridized carbons (Fsp3) is 0.370. The van der Waals surface area contributed by atoms with Crippen molar-refractivity contribution < 1.29 is 23.5 Å². The number of amides is 2. The highest BCUT2D eigenvalue weighted by Crippen LogP contribution is 2.47. The number of hydrogen-bond donors (Lipinski definition) is 1. The van der Waals surface area contributed by atoms with Crippen LogP contribution in [-0.2, 0) is 15.2 Å². The Bertz CT molecular complexity index is 1530. The molecule has 1 aromatic carbocycles. The zero-order valence-electron chi connectivity index (χ0n) is 21.0. The molecule has 3 aromatic rings. The van der Waals surface area contributed by atoms with Gasteiger partial charge in [-0.15, -0.1) is 0 Å². The van der Waals surface area contributed by atoms with Crippen molar-refractivity contribution in [2.24, 2.45) is 0 Å². The minimum absolute atomic E-state index is 0.0227. The molecule has 6 heterocycles. The van der Waals surface area contributed by atoms with E-state index in [9.17, 15) is 9.59 Å². The number of fused-ring (bicyclic) bond motifs is 6. The van der Waals surface area contributed by atoms with Crippen molar-refractivity contribution in [3.63, 3.8) is 0 Å². The van der Waals surface area contributed by atoms with E-state index >= 15 is 4.39 Å². The summed E-state index contributed by atoms with van der Waals surface area (Å²) in [5, 5.41) is 3.17. The van der Waals surface area contributed by atoms with Crippen LogP contribution in [0.15, 0.2) is 30.6 Å². The molecular weight excluding hydrogens is 491 g/mol. The maximum atomic E-state index is 15.2. The smallest absolute Gasteiger partial charge is 0.238 e. The van der Waals surface area contributed by atoms with Gasteiger partial charge in [-0.1, -0.05) is 0 Å². The van der Waals surface area contributed by atoms with Gasteiger partial charge in [0.15, 0.2) is 0 Å². The zero-order valence-corrected chi connectivity index (χ0v) is 21.0. The van der Waals surface area contributed by atoms with Crippen LogP contribution in [0, 0.1) is 5.82 Å². The largest absolute Gasteiger partial charge is 0.481 e. The third-order valence-electron chi connectivity index (χ3n) is 7.51. The summed E-state index contributed by atoms with van der Waals surface area (Å²) < 4.78 is 27.2. The lowest BCUT2D eigenvalue weighted by Gasteiger charge is -2.34. The highest BCUT2D eigenvalue weighted by Gasteiger charge is 2.39. The SMILES string of the molecule is CC1(C)Oc2cc(N3CCCC3=O)c(F)cc2-c2cnc(Nc3cnc4c(c3)N3C(=O)CCC3CO4)nc21. The first-order chi connectivity index (χ1) is 18.3. The Labute approximate surface area is 217 Å². The van der Waals surface area contributed by atoms with Gasteiger partial charge in [0.1, 0.15) is 29.5 Å². The Morgan fingerprint density at radius 2 is 1.92 bits per heavy atom. The van der Waals surface area contributed by atoms with E-state index in [-0.39, 0.29) is 23.5 Å². The number of rotatable bonds is 3. The summed E-state index contributed by atoms with van der Waals surface area (Å²) in [6.07, 6.45) is 5.62. The Balaban J connectivity index is 1.23. The molecule has 2 fully saturated rings. The average molecular weight is 517 g/mol. The number of carbonyl (C=O) groups excluding carboxylic acids is 2. The van der Waals surface area contributed by atoms with E-state index in [1.807, 2.05) is 19.9 Å². The van der Waals surface area contributed by atoms with E-state index in [0.29, 0.717) is 78.2 Å². The standard InChI is InChI=1S/C27H25FN6O4/c1-27(2)24-17(16-9-18(28)19(10-21(16)38-27)33-7-3-4-22(33)35)12-30-26(32-24)31-14-8-20-25(29-11-14)37-13-15-5-6-23(36)34(15)20/h8-12,15H,3-7,13H2,1-2H3,(H,30,31,32). The number of ether oxygens (including phenoxy) is 2. The molecule has 2 amide bonds. The number of aromatic nitrogens is 3. The number of halogens is 1. The Morgan fingerprint density at radius 1 is 1.05 bits per heavy atom. The summed E-state index contributed by atoms with van der Waals surface area (Å²) in [5.74, 6) is 0.694. The number of carbonyl (C=O) groups is 2. The number of nitrogens with one attached hydrogen (secondary N) is 1. The molecule has 0 spiro atoms. The summed E-state index contributed by atoms with van der Waals surface area (Å²) in [7, 11) is 0. The number of anilines is 4. The fourth-order valence-electron chi connectivity index (χ4n) is 5.70. The van der Waals surface area contributed by atoms with Crippen LogP contribution < -0.4 is 24.6 Å². The molecular formula is C27H25FN6O4. The molecule has 4 aliphatic rings. The second-order valence-corrected chi connectivity index (χ2v) is 10.5. The molecule has 1 N–H and O–H groups in total. The zero-order chi connectivity index (χ0) is 26.2. The first-order valence-corrected chi connectivity index (χ1v) is 12.7. The van der Waals surface area contributed by atoms with Gasteiger partial charge >= 0.3 is 0 Å². The van der Waals surface area contributed by atoms with Crippen LogP contribution in [0.2, 0.25) is 0 Å². The predicted molar refractivity (Wildman–Crippen MR) is 136 cm³/mol. The maximum Gasteiger partial charge on any atom is 0.238 e. The van der Waals surface area contributed by atoms with Crippen molar-refractivity contribution in [1.29, 1.82) is 0 Å². The highest BCUT2D eigenvalue weighted by molar-refractivity contribution is 5.98. The van der Waals surface area contributed by atoms with Crippen LogP contribution in [0.1, 0.15) is 45.2 Å². The molecule has 2 aromatic heterocycles. The molecule has 4 aliphatic heterocycles. The van der Waals surface area contributed by atoms with E-state index in [4.69, 9.17) is 14.5 Å². The van der Waals surface area contributed by atoms with Gasteiger partial charge in [-0.25, -0.2) is 19.3 Å². The van der Waals surface area contributed by atoms with E-state index in [1.165, 1.54) is 11.0 Å². The molecule has 7 rings (SSSR count). The molecule has 2 saturated heterocycles. The monoisotopic (exact) mass is 516 g/mol. The van der Waals surface area contributed by atoms with E-state index in [0.717, 1.165) is 6.42 Å². The van der Waals surface area contributed by atoms with Crippen molar-refractivity contribution in [1.82, 2.24) is 15.0 Å². The van der Waals surface area contributed by atoms with Gasteiger partial charge < -0.3 is 24.6 Å². The van der Waals surface area contributed by atoms with E-state index in [1.54, 1.807) is 23.4 Å². The van der Waals surface area contributed by atoms with Crippen molar-refractivity contribution in [3.8, 4) is 22.8 Å². The summed E-state index contributed by atoms with van der Waals surface area (Å²) in [4.78, 5) is 41.5. The molecule has 38 heavy (non-hydrogen) atoms.